The predicted octanol–water partition coefficient (Wildman–Crippen LogP) is 5.55. The number of hydrogen-bond acceptors (Lipinski definition) is 6. The molecule has 0 radical (unpaired) electrons. The Morgan fingerprint density at radius 3 is 2.64 bits per heavy atom. The molecule has 0 spiro atoms. The maximum atomic E-state index is 16.7. The molecule has 4 aliphatic rings. The van der Waals surface area contributed by atoms with Crippen LogP contribution in [-0.4, -0.2) is 76.6 Å². The lowest BCUT2D eigenvalue weighted by Gasteiger charge is -2.40. The molecule has 3 aromatic rings. The first-order valence-electron chi connectivity index (χ1n) is 15.6. The summed E-state index contributed by atoms with van der Waals surface area (Å²) in [5.41, 5.74) is 4.46. The van der Waals surface area contributed by atoms with Crippen molar-refractivity contribution in [3.63, 3.8) is 0 Å². The van der Waals surface area contributed by atoms with E-state index in [0.29, 0.717) is 48.5 Å². The number of benzene rings is 2. The molecule has 4 heterocycles. The number of carbonyl (C=O) groups excluding carboxylic acids is 1. The maximum Gasteiger partial charge on any atom is 0.319 e. The topological polar surface area (TPSA) is 61.8 Å². The maximum absolute atomic E-state index is 16.7. The second kappa shape index (κ2) is 11.0. The molecule has 7 rings (SSSR count). The largest absolute Gasteiger partial charge is 0.461 e. The lowest BCUT2D eigenvalue weighted by atomic mass is 9.85. The van der Waals surface area contributed by atoms with Crippen LogP contribution in [0.2, 0.25) is 0 Å². The summed E-state index contributed by atoms with van der Waals surface area (Å²) < 4.78 is 23.1. The number of piperazine rings is 1. The summed E-state index contributed by atoms with van der Waals surface area (Å²) in [6.07, 6.45) is 10.3. The van der Waals surface area contributed by atoms with Crippen molar-refractivity contribution >= 4 is 22.6 Å². The third-order valence-electron chi connectivity index (χ3n) is 10.1. The minimum atomic E-state index is -0.324. The fourth-order valence-electron chi connectivity index (χ4n) is 7.91. The Morgan fingerprint density at radius 1 is 1.05 bits per heavy atom. The zero-order valence-corrected chi connectivity index (χ0v) is 24.6. The number of ether oxygens (including phenoxy) is 1. The fourth-order valence-corrected chi connectivity index (χ4v) is 7.91. The van der Waals surface area contributed by atoms with E-state index >= 15 is 4.39 Å². The molecule has 3 fully saturated rings. The van der Waals surface area contributed by atoms with Gasteiger partial charge in [-0.25, -0.2) is 4.39 Å². The summed E-state index contributed by atoms with van der Waals surface area (Å²) in [4.78, 5) is 28.5. The Kier molecular flexibility index (Phi) is 7.13. The minimum Gasteiger partial charge on any atom is -0.461 e. The molecule has 7 nitrogen and oxygen atoms in total. The summed E-state index contributed by atoms with van der Waals surface area (Å²) in [5, 5.41) is 0.672. The first kappa shape index (κ1) is 27.3. The van der Waals surface area contributed by atoms with E-state index in [-0.39, 0.29) is 29.3 Å². The molecule has 2 aromatic carbocycles. The van der Waals surface area contributed by atoms with Gasteiger partial charge in [-0.2, -0.15) is 9.97 Å². The normalized spacial score (nSPS) is 21.8. The van der Waals surface area contributed by atoms with Gasteiger partial charge in [-0.15, -0.1) is 0 Å². The molecule has 3 aliphatic heterocycles. The van der Waals surface area contributed by atoms with E-state index in [1.165, 1.54) is 36.5 Å². The van der Waals surface area contributed by atoms with E-state index in [2.05, 4.69) is 29.4 Å². The van der Waals surface area contributed by atoms with Gasteiger partial charge in [0.15, 0.2) is 5.82 Å². The summed E-state index contributed by atoms with van der Waals surface area (Å²) in [6.45, 7) is 10.1. The first-order valence-corrected chi connectivity index (χ1v) is 15.6. The Hall–Kier alpha value is -3.52. The number of aryl methyl sites for hydroxylation is 1. The number of anilines is 1. The highest BCUT2D eigenvalue weighted by atomic mass is 19.1. The van der Waals surface area contributed by atoms with Gasteiger partial charge in [-0.05, 0) is 100 Å². The van der Waals surface area contributed by atoms with Crippen molar-refractivity contribution in [2.24, 2.45) is 0 Å². The van der Waals surface area contributed by atoms with Crippen molar-refractivity contribution in [2.75, 3.05) is 44.2 Å². The molecule has 0 unspecified atom stereocenters. The van der Waals surface area contributed by atoms with E-state index in [0.717, 1.165) is 50.8 Å². The van der Waals surface area contributed by atoms with Crippen LogP contribution in [0.4, 0.5) is 10.2 Å². The number of rotatable bonds is 6. The summed E-state index contributed by atoms with van der Waals surface area (Å²) >= 11 is 0. The highest BCUT2D eigenvalue weighted by molar-refractivity contribution is 5.94. The van der Waals surface area contributed by atoms with E-state index < -0.39 is 0 Å². The predicted molar refractivity (Wildman–Crippen MR) is 163 cm³/mol. The molecule has 1 amide bonds. The van der Waals surface area contributed by atoms with Crippen LogP contribution in [0.3, 0.4) is 0 Å². The molecule has 0 N–H and O–H groups in total. The minimum absolute atomic E-state index is 0.0174. The number of carbonyl (C=O) groups is 1. The lowest BCUT2D eigenvalue weighted by Crippen LogP contribution is -2.53. The molecule has 3 saturated heterocycles. The summed E-state index contributed by atoms with van der Waals surface area (Å²) in [6, 6.07) is 10.3. The lowest BCUT2D eigenvalue weighted by molar-refractivity contribution is -0.126. The van der Waals surface area contributed by atoms with Crippen LogP contribution in [0.25, 0.3) is 22.0 Å². The van der Waals surface area contributed by atoms with Crippen LogP contribution < -0.4 is 9.64 Å². The van der Waals surface area contributed by atoms with Gasteiger partial charge >= 0.3 is 6.01 Å². The number of fused-ring (bicyclic) bond motifs is 3. The van der Waals surface area contributed by atoms with Gasteiger partial charge in [0.1, 0.15) is 17.9 Å². The van der Waals surface area contributed by atoms with Crippen molar-refractivity contribution in [3.05, 3.63) is 59.9 Å². The summed E-state index contributed by atoms with van der Waals surface area (Å²) in [7, 11) is 0. The smallest absolute Gasteiger partial charge is 0.319 e. The standard InChI is InChI=1S/C34H40FN5O2/c1-3-29(41)38-19-20-40(23(2)21-38)32-28-14-13-27(26-12-6-10-24-9-4-5-11-25(24)26)30(35)31(28)36-33(37-32)42-22-34-15-7-17-39(34)18-8-16-34/h3,6,10,12-14,23H,1,4-5,7-9,11,15-22H2,2H3/t23-/m0/s1. The van der Waals surface area contributed by atoms with Crippen molar-refractivity contribution < 1.29 is 13.9 Å². The van der Waals surface area contributed by atoms with Crippen molar-refractivity contribution in [1.29, 1.82) is 0 Å². The van der Waals surface area contributed by atoms with Crippen LogP contribution in [0.15, 0.2) is 43.0 Å². The highest BCUT2D eigenvalue weighted by Crippen LogP contribution is 2.41. The SMILES string of the molecule is C=CC(=O)N1CCN(c2nc(OCC34CCCN3CCC4)nc3c(F)c(-c4cccc5c4CCCC5)ccc23)[C@@H](C)C1. The van der Waals surface area contributed by atoms with Gasteiger partial charge in [-0.3, -0.25) is 9.69 Å². The molecule has 0 bridgehead atoms. The van der Waals surface area contributed by atoms with Crippen molar-refractivity contribution in [1.82, 2.24) is 19.8 Å². The Bertz CT molecular complexity index is 1530. The molecule has 1 aliphatic carbocycles. The van der Waals surface area contributed by atoms with E-state index in [4.69, 9.17) is 14.7 Å². The number of amides is 1. The van der Waals surface area contributed by atoms with Crippen molar-refractivity contribution in [2.45, 2.75) is 69.9 Å². The quantitative estimate of drug-likeness (QED) is 0.363. The van der Waals surface area contributed by atoms with Gasteiger partial charge in [0.2, 0.25) is 5.91 Å². The van der Waals surface area contributed by atoms with E-state index in [1.807, 2.05) is 24.3 Å². The number of nitrogens with zero attached hydrogens (tertiary/aromatic N) is 5. The number of aromatic nitrogens is 2. The average Bonchev–Trinajstić information content (AvgIpc) is 3.60. The van der Waals surface area contributed by atoms with E-state index in [9.17, 15) is 4.79 Å². The zero-order chi connectivity index (χ0) is 28.8. The van der Waals surface area contributed by atoms with Gasteiger partial charge in [-0.1, -0.05) is 30.8 Å². The van der Waals surface area contributed by atoms with Gasteiger partial charge in [0.25, 0.3) is 0 Å². The molecule has 8 heteroatoms. The fraction of sp³-hybridized carbons (Fsp3) is 0.500. The Labute approximate surface area is 247 Å². The van der Waals surface area contributed by atoms with Crippen molar-refractivity contribution in [3.8, 4) is 17.1 Å². The monoisotopic (exact) mass is 569 g/mol. The third kappa shape index (κ3) is 4.64. The molecule has 1 aromatic heterocycles. The van der Waals surface area contributed by atoms with Gasteiger partial charge < -0.3 is 14.5 Å². The second-order valence-electron chi connectivity index (χ2n) is 12.5. The molecule has 42 heavy (non-hydrogen) atoms. The van der Waals surface area contributed by atoms with E-state index in [1.54, 1.807) is 4.90 Å². The molecule has 1 atom stereocenters. The first-order chi connectivity index (χ1) is 20.5. The third-order valence-corrected chi connectivity index (χ3v) is 10.1. The van der Waals surface area contributed by atoms with Gasteiger partial charge in [0.05, 0.1) is 5.54 Å². The number of halogens is 1. The summed E-state index contributed by atoms with van der Waals surface area (Å²) in [5.74, 6) is 0.271. The van der Waals surface area contributed by atoms with Crippen LogP contribution in [0.1, 0.15) is 56.6 Å². The highest BCUT2D eigenvalue weighted by Gasteiger charge is 2.45. The number of hydrogen-bond donors (Lipinski definition) is 0. The zero-order valence-electron chi connectivity index (χ0n) is 24.6. The molecule has 0 saturated carbocycles. The van der Waals surface area contributed by atoms with Crippen LogP contribution in [0.5, 0.6) is 6.01 Å². The molecular weight excluding hydrogens is 529 g/mol. The Balaban J connectivity index is 1.30. The van der Waals surface area contributed by atoms with Gasteiger partial charge in [0, 0.05) is 36.6 Å². The second-order valence-corrected chi connectivity index (χ2v) is 12.5. The van der Waals surface area contributed by atoms with Crippen LogP contribution in [-0.2, 0) is 17.6 Å². The molecule has 220 valence electrons. The van der Waals surface area contributed by atoms with Crippen LogP contribution in [0, 0.1) is 5.82 Å². The average molecular weight is 570 g/mol. The molecular formula is C34H40FN5O2. The van der Waals surface area contributed by atoms with Crippen LogP contribution >= 0.6 is 0 Å². The Morgan fingerprint density at radius 2 is 1.86 bits per heavy atom.